The Balaban J connectivity index is 1.73. The third-order valence-electron chi connectivity index (χ3n) is 4.54. The summed E-state index contributed by atoms with van der Waals surface area (Å²) in [4.78, 5) is 14.8. The minimum absolute atomic E-state index is 0.0807. The molecule has 0 atom stereocenters. The standard InChI is InChI=1S/C18H24N4O7S/c1-13(2)3-6-17-19-18(29-20-17)12-28-16-5-4-14(11-15(16)22(23)24)30(25,26)21-7-9-27-10-8-21/h4-5,11,13H,3,6-10,12H2,1-2H3. The lowest BCUT2D eigenvalue weighted by Gasteiger charge is -2.26. The van der Waals surface area contributed by atoms with E-state index in [1.807, 2.05) is 0 Å². The highest BCUT2D eigenvalue weighted by Gasteiger charge is 2.29. The van der Waals surface area contributed by atoms with E-state index in [4.69, 9.17) is 14.0 Å². The second kappa shape index (κ2) is 9.49. The smallest absolute Gasteiger partial charge is 0.312 e. The highest BCUT2D eigenvalue weighted by Crippen LogP contribution is 2.31. The summed E-state index contributed by atoms with van der Waals surface area (Å²) < 4.78 is 42.5. The molecule has 1 aliphatic rings. The van der Waals surface area contributed by atoms with Crippen LogP contribution in [-0.4, -0.2) is 54.1 Å². The van der Waals surface area contributed by atoms with E-state index < -0.39 is 20.6 Å². The van der Waals surface area contributed by atoms with Crippen molar-refractivity contribution in [3.63, 3.8) is 0 Å². The summed E-state index contributed by atoms with van der Waals surface area (Å²) in [6.07, 6.45) is 1.57. The van der Waals surface area contributed by atoms with E-state index in [2.05, 4.69) is 24.0 Å². The fourth-order valence-corrected chi connectivity index (χ4v) is 4.29. The van der Waals surface area contributed by atoms with Gasteiger partial charge in [0.2, 0.25) is 10.0 Å². The Hall–Kier alpha value is -2.57. The van der Waals surface area contributed by atoms with Gasteiger partial charge in [-0.15, -0.1) is 0 Å². The summed E-state index contributed by atoms with van der Waals surface area (Å²) in [5, 5.41) is 15.3. The molecule has 1 saturated heterocycles. The van der Waals surface area contributed by atoms with E-state index in [-0.39, 0.29) is 49.4 Å². The molecule has 0 N–H and O–H groups in total. The number of aryl methyl sites for hydroxylation is 1. The third kappa shape index (κ3) is 5.32. The van der Waals surface area contributed by atoms with Crippen molar-refractivity contribution in [3.8, 4) is 5.75 Å². The van der Waals surface area contributed by atoms with Crippen LogP contribution in [0, 0.1) is 16.0 Å². The van der Waals surface area contributed by atoms with Gasteiger partial charge in [0.15, 0.2) is 18.2 Å². The number of nitrogens with zero attached hydrogens (tertiary/aromatic N) is 4. The van der Waals surface area contributed by atoms with Gasteiger partial charge < -0.3 is 14.0 Å². The molecule has 30 heavy (non-hydrogen) atoms. The number of ether oxygens (including phenoxy) is 2. The molecule has 0 spiro atoms. The molecular weight excluding hydrogens is 416 g/mol. The SMILES string of the molecule is CC(C)CCc1noc(COc2ccc(S(=O)(=O)N3CCOCC3)cc2[N+](=O)[O-])n1. The van der Waals surface area contributed by atoms with E-state index in [0.29, 0.717) is 18.2 Å². The van der Waals surface area contributed by atoms with Crippen LogP contribution in [0.4, 0.5) is 5.69 Å². The van der Waals surface area contributed by atoms with Crippen LogP contribution in [0.1, 0.15) is 32.0 Å². The maximum atomic E-state index is 12.7. The molecule has 0 bridgehead atoms. The first-order valence-corrected chi connectivity index (χ1v) is 11.0. The molecule has 11 nitrogen and oxygen atoms in total. The minimum Gasteiger partial charge on any atom is -0.477 e. The van der Waals surface area contributed by atoms with Crippen molar-refractivity contribution in [1.29, 1.82) is 0 Å². The van der Waals surface area contributed by atoms with Crippen LogP contribution in [-0.2, 0) is 27.8 Å². The topological polar surface area (TPSA) is 138 Å². The maximum absolute atomic E-state index is 12.7. The van der Waals surface area contributed by atoms with Crippen molar-refractivity contribution in [2.75, 3.05) is 26.3 Å². The van der Waals surface area contributed by atoms with Crippen molar-refractivity contribution < 1.29 is 27.3 Å². The molecule has 1 aromatic carbocycles. The molecule has 0 amide bonds. The normalized spacial score (nSPS) is 15.4. The average Bonchev–Trinajstić information content (AvgIpc) is 3.19. The monoisotopic (exact) mass is 440 g/mol. The Labute approximate surface area is 174 Å². The Kier molecular flexibility index (Phi) is 7.00. The zero-order chi connectivity index (χ0) is 21.7. The van der Waals surface area contributed by atoms with Gasteiger partial charge in [-0.1, -0.05) is 19.0 Å². The van der Waals surface area contributed by atoms with E-state index >= 15 is 0 Å². The van der Waals surface area contributed by atoms with Gasteiger partial charge in [-0.3, -0.25) is 10.1 Å². The number of hydrogen-bond donors (Lipinski definition) is 0. The maximum Gasteiger partial charge on any atom is 0.312 e. The molecule has 1 aliphatic heterocycles. The first kappa shape index (κ1) is 22.1. The lowest BCUT2D eigenvalue weighted by Crippen LogP contribution is -2.40. The summed E-state index contributed by atoms with van der Waals surface area (Å²) in [7, 11) is -3.86. The second-order valence-corrected chi connectivity index (χ2v) is 9.17. The Morgan fingerprint density at radius 3 is 2.70 bits per heavy atom. The lowest BCUT2D eigenvalue weighted by molar-refractivity contribution is -0.386. The molecule has 3 rings (SSSR count). The molecule has 12 heteroatoms. The second-order valence-electron chi connectivity index (χ2n) is 7.23. The largest absolute Gasteiger partial charge is 0.477 e. The predicted octanol–water partition coefficient (Wildman–Crippen LogP) is 2.17. The number of nitro groups is 1. The van der Waals surface area contributed by atoms with Crippen LogP contribution in [0.3, 0.4) is 0 Å². The van der Waals surface area contributed by atoms with Gasteiger partial charge in [-0.05, 0) is 24.5 Å². The quantitative estimate of drug-likeness (QED) is 0.424. The fraction of sp³-hybridized carbons (Fsp3) is 0.556. The van der Waals surface area contributed by atoms with Crippen molar-refractivity contribution in [3.05, 3.63) is 40.0 Å². The Morgan fingerprint density at radius 1 is 1.30 bits per heavy atom. The Morgan fingerprint density at radius 2 is 2.03 bits per heavy atom. The van der Waals surface area contributed by atoms with Crippen molar-refractivity contribution >= 4 is 15.7 Å². The van der Waals surface area contributed by atoms with E-state index in [1.54, 1.807) is 0 Å². The summed E-state index contributed by atoms with van der Waals surface area (Å²) in [5.74, 6) is 1.15. The number of benzene rings is 1. The van der Waals surface area contributed by atoms with Gasteiger partial charge in [0.05, 0.1) is 23.0 Å². The summed E-state index contributed by atoms with van der Waals surface area (Å²) >= 11 is 0. The van der Waals surface area contributed by atoms with Gasteiger partial charge in [-0.25, -0.2) is 8.42 Å². The zero-order valence-corrected chi connectivity index (χ0v) is 17.6. The van der Waals surface area contributed by atoms with Gasteiger partial charge in [0.1, 0.15) is 0 Å². The van der Waals surface area contributed by atoms with Gasteiger partial charge >= 0.3 is 5.69 Å². The molecule has 1 aromatic heterocycles. The zero-order valence-electron chi connectivity index (χ0n) is 16.8. The van der Waals surface area contributed by atoms with E-state index in [9.17, 15) is 18.5 Å². The highest BCUT2D eigenvalue weighted by molar-refractivity contribution is 7.89. The predicted molar refractivity (Wildman–Crippen MR) is 104 cm³/mol. The van der Waals surface area contributed by atoms with Crippen LogP contribution < -0.4 is 4.74 Å². The highest BCUT2D eigenvalue weighted by atomic mass is 32.2. The Bertz CT molecular complexity index is 984. The average molecular weight is 440 g/mol. The number of nitro benzene ring substituents is 1. The molecule has 0 aliphatic carbocycles. The van der Waals surface area contributed by atoms with E-state index in [1.165, 1.54) is 16.4 Å². The first-order valence-electron chi connectivity index (χ1n) is 9.58. The molecule has 0 saturated carbocycles. The molecular formula is C18H24N4O7S. The minimum atomic E-state index is -3.86. The van der Waals surface area contributed by atoms with E-state index in [0.717, 1.165) is 12.5 Å². The van der Waals surface area contributed by atoms with Crippen LogP contribution in [0.15, 0.2) is 27.6 Å². The summed E-state index contributed by atoms with van der Waals surface area (Å²) in [6.45, 7) is 4.98. The third-order valence-corrected chi connectivity index (χ3v) is 6.44. The molecule has 1 fully saturated rings. The summed E-state index contributed by atoms with van der Waals surface area (Å²) in [5.41, 5.74) is -0.455. The molecule has 0 unspecified atom stereocenters. The van der Waals surface area contributed by atoms with Crippen LogP contribution in [0.5, 0.6) is 5.75 Å². The number of aromatic nitrogens is 2. The number of morpholine rings is 1. The summed E-state index contributed by atoms with van der Waals surface area (Å²) in [6, 6.07) is 3.55. The van der Waals surface area contributed by atoms with Gasteiger partial charge in [0.25, 0.3) is 5.89 Å². The molecule has 2 heterocycles. The number of hydrogen-bond acceptors (Lipinski definition) is 9. The number of sulfonamides is 1. The van der Waals surface area contributed by atoms with Gasteiger partial charge in [0, 0.05) is 25.6 Å². The first-order chi connectivity index (χ1) is 14.3. The molecule has 0 radical (unpaired) electrons. The molecule has 164 valence electrons. The van der Waals surface area contributed by atoms with Crippen molar-refractivity contribution in [2.24, 2.45) is 5.92 Å². The molecule has 2 aromatic rings. The number of rotatable bonds is 9. The van der Waals surface area contributed by atoms with Crippen molar-refractivity contribution in [2.45, 2.75) is 38.2 Å². The van der Waals surface area contributed by atoms with Crippen LogP contribution in [0.2, 0.25) is 0 Å². The lowest BCUT2D eigenvalue weighted by atomic mass is 10.1. The van der Waals surface area contributed by atoms with Crippen LogP contribution >= 0.6 is 0 Å². The van der Waals surface area contributed by atoms with Crippen LogP contribution in [0.25, 0.3) is 0 Å². The van der Waals surface area contributed by atoms with Gasteiger partial charge in [-0.2, -0.15) is 9.29 Å². The fourth-order valence-electron chi connectivity index (χ4n) is 2.87. The van der Waals surface area contributed by atoms with Crippen molar-refractivity contribution in [1.82, 2.24) is 14.4 Å².